The third-order valence-electron chi connectivity index (χ3n) is 5.98. The first-order valence-electron chi connectivity index (χ1n) is 11.0. The van der Waals surface area contributed by atoms with Gasteiger partial charge in [0.25, 0.3) is 5.91 Å². The Morgan fingerprint density at radius 2 is 1.67 bits per heavy atom. The minimum atomic E-state index is -2.34. The van der Waals surface area contributed by atoms with Crippen molar-refractivity contribution in [3.8, 4) is 0 Å². The molecule has 2 fully saturated rings. The lowest BCUT2D eigenvalue weighted by atomic mass is 9.73. The molecule has 7 heteroatoms. The number of hydrogen-bond acceptors (Lipinski definition) is 3. The molecule has 2 aromatic rings. The van der Waals surface area contributed by atoms with Gasteiger partial charge in [0.05, 0.1) is 10.9 Å². The number of halogens is 2. The van der Waals surface area contributed by atoms with E-state index in [2.05, 4.69) is 9.97 Å². The number of pyridine rings is 2. The number of carbonyl (C=O) groups excluding carboxylic acids is 1. The minimum absolute atomic E-state index is 0.00403. The van der Waals surface area contributed by atoms with Gasteiger partial charge in [0.15, 0.2) is 5.43 Å². The molecule has 2 heterocycles. The normalized spacial score (nSPS) is 19.2. The summed E-state index contributed by atoms with van der Waals surface area (Å²) in [6, 6.07) is 2.94. The van der Waals surface area contributed by atoms with Crippen LogP contribution in [0.25, 0.3) is 10.9 Å². The van der Waals surface area contributed by atoms with Gasteiger partial charge in [-0.15, -0.1) is 0 Å². The van der Waals surface area contributed by atoms with E-state index in [1.54, 1.807) is 6.07 Å². The average molecular weight is 422 g/mol. The van der Waals surface area contributed by atoms with E-state index in [4.69, 9.17) is 5.73 Å². The maximum absolute atomic E-state index is 12.9. The maximum atomic E-state index is 12.9. The molecule has 30 heavy (non-hydrogen) atoms. The highest BCUT2D eigenvalue weighted by molar-refractivity contribution is 6.03. The lowest BCUT2D eigenvalue weighted by Crippen LogP contribution is -2.29. The molecular weight excluding hydrogens is 388 g/mol. The van der Waals surface area contributed by atoms with Crippen LogP contribution < -0.4 is 11.2 Å². The molecule has 2 aromatic heterocycles. The number of nitrogens with two attached hydrogens (primary N) is 1. The molecule has 2 saturated carbocycles. The van der Waals surface area contributed by atoms with Crippen LogP contribution in [0.1, 0.15) is 82.1 Å². The van der Waals surface area contributed by atoms with E-state index in [-0.39, 0.29) is 29.4 Å². The maximum Gasteiger partial charge on any atom is 0.268 e. The molecule has 0 aromatic carbocycles. The van der Waals surface area contributed by atoms with Gasteiger partial charge in [-0.25, -0.2) is 8.78 Å². The van der Waals surface area contributed by atoms with Crippen LogP contribution in [0.4, 0.5) is 8.78 Å². The second kappa shape index (κ2) is 11.2. The Balaban J connectivity index is 0.000000197. The van der Waals surface area contributed by atoms with E-state index >= 15 is 0 Å². The smallest absolute Gasteiger partial charge is 0.268 e. The molecule has 0 spiro atoms. The van der Waals surface area contributed by atoms with E-state index in [0.29, 0.717) is 11.4 Å². The van der Waals surface area contributed by atoms with Crippen LogP contribution in [0.2, 0.25) is 0 Å². The van der Waals surface area contributed by atoms with Crippen LogP contribution in [0.15, 0.2) is 29.3 Å². The monoisotopic (exact) mass is 421 g/mol. The largest absolute Gasteiger partial charge is 0.364 e. The molecule has 1 amide bonds. The first-order chi connectivity index (χ1) is 14.4. The van der Waals surface area contributed by atoms with Crippen LogP contribution in [0, 0.1) is 11.8 Å². The van der Waals surface area contributed by atoms with Crippen molar-refractivity contribution in [3.05, 3.63) is 40.4 Å². The molecule has 0 radical (unpaired) electrons. The third kappa shape index (κ3) is 6.34. The van der Waals surface area contributed by atoms with Gasteiger partial charge in [-0.3, -0.25) is 14.6 Å². The van der Waals surface area contributed by atoms with Gasteiger partial charge >= 0.3 is 0 Å². The number of aromatic nitrogens is 2. The van der Waals surface area contributed by atoms with Crippen molar-refractivity contribution in [2.45, 2.75) is 77.6 Å². The first-order valence-corrected chi connectivity index (χ1v) is 11.0. The lowest BCUT2D eigenvalue weighted by molar-refractivity contribution is -0.0541. The number of rotatable bonds is 2. The summed E-state index contributed by atoms with van der Waals surface area (Å²) >= 11 is 0. The number of primary amides is 1. The van der Waals surface area contributed by atoms with Crippen LogP contribution in [0.3, 0.4) is 0 Å². The predicted octanol–water partition coefficient (Wildman–Crippen LogP) is 5.44. The van der Waals surface area contributed by atoms with Crippen LogP contribution in [0.5, 0.6) is 0 Å². The zero-order valence-corrected chi connectivity index (χ0v) is 17.9. The highest BCUT2D eigenvalue weighted by atomic mass is 19.3. The topological polar surface area (TPSA) is 88.8 Å². The number of alkyl halides is 2. The van der Waals surface area contributed by atoms with Crippen LogP contribution in [-0.4, -0.2) is 21.8 Å². The molecule has 0 saturated heterocycles. The third-order valence-corrected chi connectivity index (χ3v) is 5.98. The average Bonchev–Trinajstić information content (AvgIpc) is 2.76. The summed E-state index contributed by atoms with van der Waals surface area (Å²) in [5.41, 5.74) is 5.39. The molecule has 2 aliphatic rings. The molecule has 0 unspecified atom stereocenters. The Hall–Kier alpha value is -2.31. The highest BCUT2D eigenvalue weighted by Crippen LogP contribution is 2.43. The van der Waals surface area contributed by atoms with E-state index < -0.39 is 11.8 Å². The minimum Gasteiger partial charge on any atom is -0.364 e. The predicted molar refractivity (Wildman–Crippen MR) is 116 cm³/mol. The van der Waals surface area contributed by atoms with E-state index in [1.165, 1.54) is 50.6 Å². The van der Waals surface area contributed by atoms with Crippen LogP contribution in [-0.2, 0) is 0 Å². The van der Waals surface area contributed by atoms with Crippen LogP contribution >= 0.6 is 0 Å². The van der Waals surface area contributed by atoms with E-state index in [1.807, 2.05) is 13.8 Å². The summed E-state index contributed by atoms with van der Waals surface area (Å²) in [6.07, 6.45) is 11.4. The first kappa shape index (κ1) is 24.0. The van der Waals surface area contributed by atoms with Gasteiger partial charge < -0.3 is 10.7 Å². The fourth-order valence-electron chi connectivity index (χ4n) is 4.45. The highest BCUT2D eigenvalue weighted by Gasteiger charge is 2.37. The number of H-pyrrole nitrogens is 1. The molecule has 0 aliphatic heterocycles. The Labute approximate surface area is 176 Å². The van der Waals surface area contributed by atoms with Crippen molar-refractivity contribution >= 4 is 16.8 Å². The van der Waals surface area contributed by atoms with Crippen molar-refractivity contribution in [1.29, 1.82) is 0 Å². The number of hydrogen-bond donors (Lipinski definition) is 2. The zero-order chi connectivity index (χ0) is 22.1. The second-order valence-electron chi connectivity index (χ2n) is 7.88. The molecule has 3 N–H and O–H groups in total. The van der Waals surface area contributed by atoms with Gasteiger partial charge in [-0.2, -0.15) is 0 Å². The zero-order valence-electron chi connectivity index (χ0n) is 17.9. The summed E-state index contributed by atoms with van der Waals surface area (Å²) in [5.74, 6) is -1.65. The number of fused-ring (bicyclic) bond motifs is 1. The molecule has 4 rings (SSSR count). The van der Waals surface area contributed by atoms with Gasteiger partial charge in [0.2, 0.25) is 5.92 Å². The standard InChI is InChI=1S/C12H20F2.C9H7N3O2.C2H6/c13-12(14)8-6-11(7-9-12)10-4-2-1-3-5-10;10-9(14)8-7-5(1-3-12-8)11-4-2-6(7)13;1-2/h10-11H,1-9H2;1-4H,(H2,10,14)(H,11,13);1-2H3. The van der Waals surface area contributed by atoms with E-state index in [9.17, 15) is 18.4 Å². The summed E-state index contributed by atoms with van der Waals surface area (Å²) in [4.78, 5) is 29.0. The van der Waals surface area contributed by atoms with Gasteiger partial charge in [-0.1, -0.05) is 46.0 Å². The van der Waals surface area contributed by atoms with E-state index in [0.717, 1.165) is 18.8 Å². The van der Waals surface area contributed by atoms with Gasteiger partial charge in [0.1, 0.15) is 5.69 Å². The van der Waals surface area contributed by atoms with Gasteiger partial charge in [0, 0.05) is 31.3 Å². The Kier molecular flexibility index (Phi) is 8.93. The summed E-state index contributed by atoms with van der Waals surface area (Å²) in [5, 5.41) is 0.238. The SMILES string of the molecule is CC.FC1(F)CCC(C2CCCCC2)CC1.NC(=O)c1nccc2[nH]ccc(=O)c12. The molecule has 0 bridgehead atoms. The number of nitrogens with zero attached hydrogens (tertiary/aromatic N) is 1. The number of aromatic amines is 1. The van der Waals surface area contributed by atoms with Crippen molar-refractivity contribution in [2.24, 2.45) is 17.6 Å². The van der Waals surface area contributed by atoms with Gasteiger partial charge in [-0.05, 0) is 30.7 Å². The molecule has 0 atom stereocenters. The Bertz CT molecular complexity index is 861. The quantitative estimate of drug-likeness (QED) is 0.677. The Morgan fingerprint density at radius 1 is 1.07 bits per heavy atom. The summed E-state index contributed by atoms with van der Waals surface area (Å²) in [6.45, 7) is 4.00. The number of carbonyl (C=O) groups is 1. The Morgan fingerprint density at radius 3 is 2.27 bits per heavy atom. The molecule has 166 valence electrons. The molecule has 2 aliphatic carbocycles. The number of nitrogens with one attached hydrogen (secondary N) is 1. The molecule has 5 nitrogen and oxygen atoms in total. The van der Waals surface area contributed by atoms with Crippen molar-refractivity contribution in [3.63, 3.8) is 0 Å². The lowest BCUT2D eigenvalue weighted by Gasteiger charge is -2.35. The fraction of sp³-hybridized carbons (Fsp3) is 0.609. The van der Waals surface area contributed by atoms with Crippen molar-refractivity contribution in [1.82, 2.24) is 9.97 Å². The van der Waals surface area contributed by atoms with Crippen molar-refractivity contribution < 1.29 is 13.6 Å². The number of amides is 1. The summed E-state index contributed by atoms with van der Waals surface area (Å²) in [7, 11) is 0. The molecular formula is C23H33F2N3O2. The fourth-order valence-corrected chi connectivity index (χ4v) is 4.45. The second-order valence-corrected chi connectivity index (χ2v) is 7.88. The van der Waals surface area contributed by atoms with Crippen molar-refractivity contribution in [2.75, 3.05) is 0 Å². The summed E-state index contributed by atoms with van der Waals surface area (Å²) < 4.78 is 25.9.